The highest BCUT2D eigenvalue weighted by atomic mass is 16.5. The normalized spacial score (nSPS) is 18.0. The van der Waals surface area contributed by atoms with Crippen molar-refractivity contribution in [3.8, 4) is 23.0 Å². The van der Waals surface area contributed by atoms with Crippen LogP contribution >= 0.6 is 0 Å². The number of aliphatic carboxylic acids is 1. The topological polar surface area (TPSA) is 112 Å². The van der Waals surface area contributed by atoms with E-state index in [2.05, 4.69) is 22.2 Å². The predicted octanol–water partition coefficient (Wildman–Crippen LogP) is 3.98. The Labute approximate surface area is 199 Å². The number of aryl methyl sites for hydroxylation is 2. The molecule has 3 heterocycles. The van der Waals surface area contributed by atoms with Gasteiger partial charge in [-0.1, -0.05) is 18.2 Å². The molecule has 0 saturated heterocycles. The van der Waals surface area contributed by atoms with Crippen LogP contribution < -0.4 is 9.47 Å². The zero-order valence-electron chi connectivity index (χ0n) is 19.9. The first-order valence-corrected chi connectivity index (χ1v) is 11.8. The lowest BCUT2D eigenvalue weighted by atomic mass is 9.87. The van der Waals surface area contributed by atoms with Crippen molar-refractivity contribution in [2.45, 2.75) is 58.5 Å². The monoisotopic (exact) mass is 465 g/mol. The highest BCUT2D eigenvalue weighted by Gasteiger charge is 2.28. The standard InChI is InChI=1S/C25H31N5O4/c1-4-13-33-23-10-6-8-18(27-23)15-21-24(28-29-30(21)3)20-11-12-22(16(2)26-20)34-19-9-5-7-17(14-19)25(31)32/h6,8,10-12,17,19H,4-5,7,9,13-15H2,1-3H3,(H,31,32)/t17-,19-/m0/s1. The van der Waals surface area contributed by atoms with Gasteiger partial charge in [-0.15, -0.1) is 5.10 Å². The number of pyridine rings is 2. The molecule has 1 saturated carbocycles. The van der Waals surface area contributed by atoms with Gasteiger partial charge in [-0.3, -0.25) is 9.48 Å². The largest absolute Gasteiger partial charge is 0.489 e. The molecule has 1 aliphatic rings. The van der Waals surface area contributed by atoms with Crippen LogP contribution in [0.25, 0.3) is 11.4 Å². The van der Waals surface area contributed by atoms with Gasteiger partial charge in [0.05, 0.1) is 41.4 Å². The first kappa shape index (κ1) is 23.7. The van der Waals surface area contributed by atoms with Crippen LogP contribution in [0, 0.1) is 12.8 Å². The van der Waals surface area contributed by atoms with Crippen molar-refractivity contribution in [2.24, 2.45) is 13.0 Å². The lowest BCUT2D eigenvalue weighted by Crippen LogP contribution is -2.29. The fraction of sp³-hybridized carbons (Fsp3) is 0.480. The van der Waals surface area contributed by atoms with Crippen LogP contribution in [0.15, 0.2) is 30.3 Å². The minimum absolute atomic E-state index is 0.110. The Morgan fingerprint density at radius 2 is 2.06 bits per heavy atom. The zero-order valence-corrected chi connectivity index (χ0v) is 19.9. The van der Waals surface area contributed by atoms with Crippen molar-refractivity contribution in [3.05, 3.63) is 47.4 Å². The molecule has 1 fully saturated rings. The summed E-state index contributed by atoms with van der Waals surface area (Å²) in [5, 5.41) is 17.9. The Bertz CT molecular complexity index is 1150. The SMILES string of the molecule is CCCOc1cccc(Cc2c(-c3ccc(O[C@H]4CCC[C@H](C(=O)O)C4)c(C)n3)nnn2C)n1. The fourth-order valence-electron chi connectivity index (χ4n) is 4.25. The van der Waals surface area contributed by atoms with Gasteiger partial charge in [0.15, 0.2) is 0 Å². The molecular formula is C25H31N5O4. The number of nitrogens with zero attached hydrogens (tertiary/aromatic N) is 5. The van der Waals surface area contributed by atoms with E-state index in [-0.39, 0.29) is 12.0 Å². The summed E-state index contributed by atoms with van der Waals surface area (Å²) in [7, 11) is 1.86. The minimum Gasteiger partial charge on any atom is -0.489 e. The van der Waals surface area contributed by atoms with Gasteiger partial charge in [0.2, 0.25) is 5.88 Å². The van der Waals surface area contributed by atoms with E-state index in [9.17, 15) is 9.90 Å². The first-order valence-electron chi connectivity index (χ1n) is 11.8. The molecule has 4 rings (SSSR count). The Hall–Kier alpha value is -3.49. The van der Waals surface area contributed by atoms with Crippen LogP contribution in [-0.2, 0) is 18.3 Å². The molecule has 1 aliphatic carbocycles. The molecule has 0 amide bonds. The maximum Gasteiger partial charge on any atom is 0.306 e. The molecule has 0 radical (unpaired) electrons. The van der Waals surface area contributed by atoms with Gasteiger partial charge in [-0.05, 0) is 57.2 Å². The molecular weight excluding hydrogens is 434 g/mol. The average molecular weight is 466 g/mol. The van der Waals surface area contributed by atoms with E-state index >= 15 is 0 Å². The minimum atomic E-state index is -0.745. The van der Waals surface area contributed by atoms with Crippen LogP contribution in [0.1, 0.15) is 56.1 Å². The number of hydrogen-bond donors (Lipinski definition) is 1. The molecule has 0 spiro atoms. The summed E-state index contributed by atoms with van der Waals surface area (Å²) in [5.74, 6) is 0.200. The van der Waals surface area contributed by atoms with E-state index in [0.29, 0.717) is 48.9 Å². The average Bonchev–Trinajstić information content (AvgIpc) is 3.19. The summed E-state index contributed by atoms with van der Waals surface area (Å²) in [5.41, 5.74) is 3.90. The van der Waals surface area contributed by atoms with Crippen molar-refractivity contribution < 1.29 is 19.4 Å². The second kappa shape index (κ2) is 10.6. The van der Waals surface area contributed by atoms with Gasteiger partial charge in [-0.25, -0.2) is 9.97 Å². The van der Waals surface area contributed by atoms with Crippen molar-refractivity contribution in [1.29, 1.82) is 0 Å². The number of ether oxygens (including phenoxy) is 2. The van der Waals surface area contributed by atoms with E-state index < -0.39 is 5.97 Å². The van der Waals surface area contributed by atoms with Crippen LogP contribution in [0.3, 0.4) is 0 Å². The lowest BCUT2D eigenvalue weighted by Gasteiger charge is -2.27. The van der Waals surface area contributed by atoms with Gasteiger partial charge < -0.3 is 14.6 Å². The fourth-order valence-corrected chi connectivity index (χ4v) is 4.25. The molecule has 9 heteroatoms. The summed E-state index contributed by atoms with van der Waals surface area (Å²) >= 11 is 0. The first-order chi connectivity index (χ1) is 16.4. The third-order valence-corrected chi connectivity index (χ3v) is 6.08. The Morgan fingerprint density at radius 1 is 1.21 bits per heavy atom. The van der Waals surface area contributed by atoms with E-state index in [0.717, 1.165) is 36.3 Å². The van der Waals surface area contributed by atoms with Gasteiger partial charge >= 0.3 is 5.97 Å². The zero-order chi connectivity index (χ0) is 24.1. The summed E-state index contributed by atoms with van der Waals surface area (Å²) < 4.78 is 13.5. The Morgan fingerprint density at radius 3 is 2.82 bits per heavy atom. The van der Waals surface area contributed by atoms with Gasteiger partial charge in [0, 0.05) is 19.5 Å². The predicted molar refractivity (Wildman–Crippen MR) is 126 cm³/mol. The van der Waals surface area contributed by atoms with Crippen molar-refractivity contribution in [2.75, 3.05) is 6.61 Å². The summed E-state index contributed by atoms with van der Waals surface area (Å²) in [6.07, 6.45) is 4.30. The van der Waals surface area contributed by atoms with Crippen molar-refractivity contribution >= 4 is 5.97 Å². The van der Waals surface area contributed by atoms with E-state index in [1.165, 1.54) is 0 Å². The number of hydrogen-bond acceptors (Lipinski definition) is 7. The molecule has 1 N–H and O–H groups in total. The van der Waals surface area contributed by atoms with E-state index in [1.807, 2.05) is 44.3 Å². The quantitative estimate of drug-likeness (QED) is 0.505. The number of rotatable bonds is 9. The Kier molecular flexibility index (Phi) is 7.40. The molecule has 3 aromatic heterocycles. The van der Waals surface area contributed by atoms with Crippen LogP contribution in [0.4, 0.5) is 0 Å². The number of carboxylic acid groups (broad SMARTS) is 1. The van der Waals surface area contributed by atoms with Crippen LogP contribution in [-0.4, -0.2) is 48.7 Å². The lowest BCUT2D eigenvalue weighted by molar-refractivity contribution is -0.143. The second-order valence-electron chi connectivity index (χ2n) is 8.72. The maximum absolute atomic E-state index is 11.4. The smallest absolute Gasteiger partial charge is 0.306 e. The van der Waals surface area contributed by atoms with Crippen molar-refractivity contribution in [3.63, 3.8) is 0 Å². The van der Waals surface area contributed by atoms with Gasteiger partial charge in [0.25, 0.3) is 0 Å². The molecule has 0 bridgehead atoms. The van der Waals surface area contributed by atoms with E-state index in [1.54, 1.807) is 4.68 Å². The molecule has 0 aliphatic heterocycles. The Balaban J connectivity index is 1.51. The molecule has 34 heavy (non-hydrogen) atoms. The highest BCUT2D eigenvalue weighted by Crippen LogP contribution is 2.30. The van der Waals surface area contributed by atoms with E-state index in [4.69, 9.17) is 14.5 Å². The summed E-state index contributed by atoms with van der Waals surface area (Å²) in [4.78, 5) is 20.7. The van der Waals surface area contributed by atoms with Crippen LogP contribution in [0.2, 0.25) is 0 Å². The molecule has 0 unspecified atom stereocenters. The number of carbonyl (C=O) groups is 1. The summed E-state index contributed by atoms with van der Waals surface area (Å²) in [6, 6.07) is 9.51. The third-order valence-electron chi connectivity index (χ3n) is 6.08. The van der Waals surface area contributed by atoms with Crippen LogP contribution in [0.5, 0.6) is 11.6 Å². The molecule has 2 atom stereocenters. The third kappa shape index (κ3) is 5.52. The molecule has 3 aromatic rings. The second-order valence-corrected chi connectivity index (χ2v) is 8.72. The highest BCUT2D eigenvalue weighted by molar-refractivity contribution is 5.70. The molecule has 9 nitrogen and oxygen atoms in total. The van der Waals surface area contributed by atoms with Gasteiger partial charge in [0.1, 0.15) is 11.4 Å². The molecule has 180 valence electrons. The van der Waals surface area contributed by atoms with Gasteiger partial charge in [-0.2, -0.15) is 0 Å². The number of carboxylic acids is 1. The number of aromatic nitrogens is 5. The maximum atomic E-state index is 11.4. The molecule has 0 aromatic carbocycles. The summed E-state index contributed by atoms with van der Waals surface area (Å²) in [6.45, 7) is 4.58. The van der Waals surface area contributed by atoms with Crippen molar-refractivity contribution in [1.82, 2.24) is 25.0 Å².